The van der Waals surface area contributed by atoms with Gasteiger partial charge in [0.2, 0.25) is 0 Å². The summed E-state index contributed by atoms with van der Waals surface area (Å²) in [6, 6.07) is 7.55. The van der Waals surface area contributed by atoms with Crippen molar-refractivity contribution < 1.29 is 0 Å². The first-order valence-electron chi connectivity index (χ1n) is 6.12. The van der Waals surface area contributed by atoms with Crippen LogP contribution in [-0.4, -0.2) is 0 Å². The summed E-state index contributed by atoms with van der Waals surface area (Å²) in [6.07, 6.45) is 0. The SMILES string of the molecule is CC(C)(C)C(C)(C)C.NCc1ccc(N)cc1. The smallest absolute Gasteiger partial charge is 0.0314 e. The van der Waals surface area contributed by atoms with Crippen LogP contribution in [0.25, 0.3) is 0 Å². The summed E-state index contributed by atoms with van der Waals surface area (Å²) in [5.74, 6) is 0. The number of rotatable bonds is 1. The van der Waals surface area contributed by atoms with Gasteiger partial charge in [0.15, 0.2) is 0 Å². The van der Waals surface area contributed by atoms with E-state index >= 15 is 0 Å². The summed E-state index contributed by atoms with van der Waals surface area (Å²) in [5.41, 5.74) is 13.6. The van der Waals surface area contributed by atoms with Crippen LogP contribution < -0.4 is 11.5 Å². The van der Waals surface area contributed by atoms with Gasteiger partial charge in [-0.2, -0.15) is 0 Å². The largest absolute Gasteiger partial charge is 0.399 e. The Balaban J connectivity index is 0.000000304. The van der Waals surface area contributed by atoms with Crippen LogP contribution in [0.1, 0.15) is 47.1 Å². The molecule has 2 nitrogen and oxygen atoms in total. The van der Waals surface area contributed by atoms with Crippen LogP contribution in [0.2, 0.25) is 0 Å². The van der Waals surface area contributed by atoms with Crippen LogP contribution in [0, 0.1) is 10.8 Å². The molecule has 0 heterocycles. The monoisotopic (exact) mass is 236 g/mol. The van der Waals surface area contributed by atoms with Gasteiger partial charge in [-0.1, -0.05) is 53.7 Å². The van der Waals surface area contributed by atoms with Crippen molar-refractivity contribution in [1.82, 2.24) is 0 Å². The Hall–Kier alpha value is -1.02. The van der Waals surface area contributed by atoms with Crippen molar-refractivity contribution in [1.29, 1.82) is 0 Å². The highest BCUT2D eigenvalue weighted by atomic mass is 14.5. The summed E-state index contributed by atoms with van der Waals surface area (Å²) in [7, 11) is 0. The third kappa shape index (κ3) is 6.32. The molecule has 0 aliphatic heterocycles. The van der Waals surface area contributed by atoms with Crippen LogP contribution in [0.4, 0.5) is 5.69 Å². The summed E-state index contributed by atoms with van der Waals surface area (Å²) in [5, 5.41) is 0. The van der Waals surface area contributed by atoms with E-state index in [1.165, 1.54) is 0 Å². The average molecular weight is 236 g/mol. The maximum Gasteiger partial charge on any atom is 0.0314 e. The Bertz CT molecular complexity index is 300. The molecule has 4 N–H and O–H groups in total. The highest BCUT2D eigenvalue weighted by Crippen LogP contribution is 2.36. The Kier molecular flexibility index (Phi) is 5.70. The molecule has 0 saturated carbocycles. The Morgan fingerprint density at radius 3 is 1.41 bits per heavy atom. The highest BCUT2D eigenvalue weighted by molar-refractivity contribution is 5.39. The molecule has 0 aliphatic carbocycles. The van der Waals surface area contributed by atoms with E-state index in [0.717, 1.165) is 11.3 Å². The molecule has 0 saturated heterocycles. The molecule has 1 rings (SSSR count). The van der Waals surface area contributed by atoms with Gasteiger partial charge in [-0.3, -0.25) is 0 Å². The van der Waals surface area contributed by atoms with E-state index in [4.69, 9.17) is 11.5 Å². The summed E-state index contributed by atoms with van der Waals surface area (Å²) >= 11 is 0. The quantitative estimate of drug-likeness (QED) is 0.729. The first-order chi connectivity index (χ1) is 7.58. The van der Waals surface area contributed by atoms with Crippen LogP contribution >= 0.6 is 0 Å². The van der Waals surface area contributed by atoms with Gasteiger partial charge >= 0.3 is 0 Å². The first-order valence-corrected chi connectivity index (χ1v) is 6.12. The lowest BCUT2D eigenvalue weighted by Crippen LogP contribution is -2.25. The number of nitrogens with two attached hydrogens (primary N) is 2. The molecule has 0 fully saturated rings. The normalized spacial score (nSPS) is 11.7. The van der Waals surface area contributed by atoms with Crippen molar-refractivity contribution in [2.45, 2.75) is 48.1 Å². The molecule has 1 aromatic rings. The standard InChI is InChI=1S/C8H18.C7H10N2/c1-7(2,3)8(4,5)6;8-5-6-1-3-7(9)4-2-6/h1-6H3;1-4H,5,8-9H2. The zero-order valence-electron chi connectivity index (χ0n) is 12.2. The molecule has 17 heavy (non-hydrogen) atoms. The van der Waals surface area contributed by atoms with Gasteiger partial charge < -0.3 is 11.5 Å². The number of hydrogen-bond donors (Lipinski definition) is 2. The third-order valence-electron chi connectivity index (χ3n) is 3.47. The molecular weight excluding hydrogens is 208 g/mol. The topological polar surface area (TPSA) is 52.0 Å². The molecular formula is C15H28N2. The second kappa shape index (κ2) is 6.06. The van der Waals surface area contributed by atoms with Gasteiger partial charge in [0.1, 0.15) is 0 Å². The summed E-state index contributed by atoms with van der Waals surface area (Å²) in [4.78, 5) is 0. The fraction of sp³-hybridized carbons (Fsp3) is 0.600. The van der Waals surface area contributed by atoms with Gasteiger partial charge in [0.25, 0.3) is 0 Å². The van der Waals surface area contributed by atoms with Gasteiger partial charge in [-0.15, -0.1) is 0 Å². The molecule has 0 aliphatic rings. The molecule has 0 unspecified atom stereocenters. The zero-order valence-corrected chi connectivity index (χ0v) is 12.2. The number of benzene rings is 1. The molecule has 98 valence electrons. The zero-order chi connectivity index (χ0) is 13.7. The molecule has 0 spiro atoms. The van der Waals surface area contributed by atoms with Gasteiger partial charge in [-0.05, 0) is 28.5 Å². The van der Waals surface area contributed by atoms with Crippen molar-refractivity contribution in [3.05, 3.63) is 29.8 Å². The van der Waals surface area contributed by atoms with E-state index in [-0.39, 0.29) is 0 Å². The molecule has 0 radical (unpaired) electrons. The lowest BCUT2D eigenvalue weighted by atomic mass is 9.71. The van der Waals surface area contributed by atoms with Gasteiger partial charge in [0.05, 0.1) is 0 Å². The fourth-order valence-corrected chi connectivity index (χ4v) is 0.654. The minimum Gasteiger partial charge on any atom is -0.399 e. The lowest BCUT2D eigenvalue weighted by Gasteiger charge is -2.34. The average Bonchev–Trinajstić information content (AvgIpc) is 2.17. The van der Waals surface area contributed by atoms with Crippen LogP contribution in [0.15, 0.2) is 24.3 Å². The van der Waals surface area contributed by atoms with Gasteiger partial charge in [0, 0.05) is 12.2 Å². The van der Waals surface area contributed by atoms with E-state index in [0.29, 0.717) is 17.4 Å². The van der Waals surface area contributed by atoms with Crippen LogP contribution in [0.3, 0.4) is 0 Å². The van der Waals surface area contributed by atoms with Crippen molar-refractivity contribution in [3.8, 4) is 0 Å². The number of nitrogen functional groups attached to an aromatic ring is 1. The Labute approximate surface area is 106 Å². The van der Waals surface area contributed by atoms with Crippen molar-refractivity contribution >= 4 is 5.69 Å². The van der Waals surface area contributed by atoms with E-state index < -0.39 is 0 Å². The van der Waals surface area contributed by atoms with E-state index in [1.54, 1.807) is 0 Å². The minimum atomic E-state index is 0.437. The van der Waals surface area contributed by atoms with Crippen molar-refractivity contribution in [2.75, 3.05) is 5.73 Å². The van der Waals surface area contributed by atoms with Crippen LogP contribution in [0.5, 0.6) is 0 Å². The molecule has 2 heteroatoms. The maximum atomic E-state index is 5.44. The van der Waals surface area contributed by atoms with E-state index in [2.05, 4.69) is 41.5 Å². The van der Waals surface area contributed by atoms with Gasteiger partial charge in [-0.25, -0.2) is 0 Å². The summed E-state index contributed by atoms with van der Waals surface area (Å²) < 4.78 is 0. The molecule has 0 bridgehead atoms. The minimum absolute atomic E-state index is 0.437. The number of anilines is 1. The van der Waals surface area contributed by atoms with Crippen LogP contribution in [-0.2, 0) is 6.54 Å². The third-order valence-corrected chi connectivity index (χ3v) is 3.47. The molecule has 0 atom stereocenters. The van der Waals surface area contributed by atoms with Crippen molar-refractivity contribution in [3.63, 3.8) is 0 Å². The fourth-order valence-electron chi connectivity index (χ4n) is 0.654. The predicted octanol–water partition coefficient (Wildman–Crippen LogP) is 3.81. The molecule has 0 amide bonds. The second-order valence-corrected chi connectivity index (χ2v) is 6.45. The highest BCUT2D eigenvalue weighted by Gasteiger charge is 2.26. The van der Waals surface area contributed by atoms with E-state index in [1.807, 2.05) is 24.3 Å². The molecule has 0 aromatic heterocycles. The lowest BCUT2D eigenvalue weighted by molar-refractivity contribution is 0.157. The van der Waals surface area contributed by atoms with E-state index in [9.17, 15) is 0 Å². The predicted molar refractivity (Wildman–Crippen MR) is 77.7 cm³/mol. The summed E-state index contributed by atoms with van der Waals surface area (Å²) in [6.45, 7) is 14.2. The number of hydrogen-bond acceptors (Lipinski definition) is 2. The maximum absolute atomic E-state index is 5.44. The second-order valence-electron chi connectivity index (χ2n) is 6.45. The first kappa shape index (κ1) is 16.0. The Morgan fingerprint density at radius 2 is 1.18 bits per heavy atom. The Morgan fingerprint density at radius 1 is 0.824 bits per heavy atom. The van der Waals surface area contributed by atoms with Crippen molar-refractivity contribution in [2.24, 2.45) is 16.6 Å². The molecule has 1 aromatic carbocycles.